The van der Waals surface area contributed by atoms with E-state index in [1.165, 1.54) is 6.92 Å². The number of nitrogen functional groups attached to an aromatic ring is 1. The number of hydrogen-bond donors (Lipinski definition) is 3. The number of aliphatic carboxylic acids is 1. The predicted octanol–water partition coefficient (Wildman–Crippen LogP) is 8.04. The highest BCUT2D eigenvalue weighted by atomic mass is 35.5. The summed E-state index contributed by atoms with van der Waals surface area (Å²) in [4.78, 5) is 35.3. The van der Waals surface area contributed by atoms with Crippen LogP contribution in [-0.4, -0.2) is 58.4 Å². The van der Waals surface area contributed by atoms with Gasteiger partial charge in [-0.25, -0.2) is 18.2 Å². The van der Waals surface area contributed by atoms with Gasteiger partial charge in [-0.05, 0) is 114 Å². The van der Waals surface area contributed by atoms with Crippen molar-refractivity contribution in [3.63, 3.8) is 0 Å². The van der Waals surface area contributed by atoms with Gasteiger partial charge in [0.25, 0.3) is 10.0 Å². The molecule has 0 bridgehead atoms. The number of nitrogens with one attached hydrogen (secondary N) is 1. The Bertz CT molecular complexity index is 2800. The Morgan fingerprint density at radius 3 is 2.37 bits per heavy atom. The van der Waals surface area contributed by atoms with E-state index in [1.807, 2.05) is 74.5 Å². The van der Waals surface area contributed by atoms with Crippen molar-refractivity contribution >= 4 is 61.6 Å². The summed E-state index contributed by atoms with van der Waals surface area (Å²) in [6, 6.07) is 22.9. The van der Waals surface area contributed by atoms with Crippen molar-refractivity contribution in [3.05, 3.63) is 146 Å². The van der Waals surface area contributed by atoms with Gasteiger partial charge < -0.3 is 30.4 Å². The number of carbonyl (C=O) groups is 2. The van der Waals surface area contributed by atoms with Gasteiger partial charge in [0.1, 0.15) is 31.0 Å². The number of amides is 1. The number of halogens is 2. The molecular formula is C45H41Cl2N5O8S2. The van der Waals surface area contributed by atoms with E-state index in [1.54, 1.807) is 30.5 Å². The van der Waals surface area contributed by atoms with Crippen LogP contribution in [0.1, 0.15) is 50.9 Å². The first kappa shape index (κ1) is 43.0. The number of carboxylic acid groups (broad SMARTS) is 1. The number of nitrogens with zero attached hydrogens (tertiary/aromatic N) is 3. The molecule has 8 rings (SSSR count). The van der Waals surface area contributed by atoms with Crippen molar-refractivity contribution in [2.45, 2.75) is 69.2 Å². The molecule has 0 saturated heterocycles. The lowest BCUT2D eigenvalue weighted by atomic mass is 9.93. The lowest BCUT2D eigenvalue weighted by Crippen LogP contribution is -2.55. The van der Waals surface area contributed by atoms with Crippen LogP contribution in [-0.2, 0) is 45.6 Å². The molecule has 4 aromatic carbocycles. The average molecular weight is 915 g/mol. The SMILES string of the molecule is Cc1nc(N)sc1S(=O)(=O)N1Cc2cc3c(cc2CC1C(=O)NC(Cc1ccc(-c2ccnc(C)c2C)cc1)C(=O)O)OCC(c1ccc(OCc2ccc(Cl)c(Cl)c2)cc1)O3. The molecule has 320 valence electrons. The minimum atomic E-state index is -4.37. The quantitative estimate of drug-likeness (QED) is 0.108. The number of thiazole rings is 1. The smallest absolute Gasteiger partial charge is 0.326 e. The molecule has 13 nitrogen and oxygen atoms in total. The van der Waals surface area contributed by atoms with Crippen molar-refractivity contribution in [1.82, 2.24) is 19.6 Å². The van der Waals surface area contributed by atoms with Gasteiger partial charge in [-0.15, -0.1) is 0 Å². The minimum Gasteiger partial charge on any atom is -0.489 e. The molecule has 4 heterocycles. The molecule has 0 fully saturated rings. The van der Waals surface area contributed by atoms with Gasteiger partial charge >= 0.3 is 5.97 Å². The molecule has 2 aliphatic rings. The van der Waals surface area contributed by atoms with Crippen LogP contribution in [0.25, 0.3) is 11.1 Å². The fraction of sp³-hybridized carbons (Fsp3) is 0.244. The third kappa shape index (κ3) is 8.94. The van der Waals surface area contributed by atoms with Crippen LogP contribution in [0.2, 0.25) is 10.0 Å². The van der Waals surface area contributed by atoms with E-state index in [0.29, 0.717) is 50.6 Å². The zero-order valence-corrected chi connectivity index (χ0v) is 36.9. The summed E-state index contributed by atoms with van der Waals surface area (Å²) in [7, 11) is -4.37. The number of nitrogens with two attached hydrogens (primary N) is 1. The van der Waals surface area contributed by atoms with Crippen LogP contribution >= 0.6 is 34.5 Å². The molecule has 0 aliphatic carbocycles. The molecule has 2 aliphatic heterocycles. The maximum atomic E-state index is 14.4. The largest absolute Gasteiger partial charge is 0.489 e. The summed E-state index contributed by atoms with van der Waals surface area (Å²) in [6.45, 7) is 5.73. The topological polar surface area (TPSA) is 183 Å². The Morgan fingerprint density at radius 2 is 1.68 bits per heavy atom. The number of rotatable bonds is 12. The highest BCUT2D eigenvalue weighted by Gasteiger charge is 2.43. The number of carboxylic acids is 1. The molecule has 3 atom stereocenters. The summed E-state index contributed by atoms with van der Waals surface area (Å²) >= 11 is 13.0. The standard InChI is InChI=1S/C45H41Cl2N5O8S2/c1-24-25(2)49-15-14-34(24)29-7-4-27(5-8-29)17-37(43(54)55)51-42(53)38-18-31-19-39-40(20-32(31)21-52(38)62(56,57)44-26(3)50-45(48)61-44)60-41(23-59-39)30-9-11-33(12-10-30)58-22-28-6-13-35(46)36(47)16-28/h4-16,19-20,37-38,41H,17-18,21-23H2,1-3H3,(H2,48,50)(H,51,53)(H,54,55). The maximum Gasteiger partial charge on any atom is 0.326 e. The molecular weight excluding hydrogens is 874 g/mol. The fourth-order valence-corrected chi connectivity index (χ4v) is 10.9. The first-order valence-electron chi connectivity index (χ1n) is 19.6. The molecule has 0 saturated carbocycles. The lowest BCUT2D eigenvalue weighted by molar-refractivity contribution is -0.142. The van der Waals surface area contributed by atoms with Gasteiger partial charge in [0.15, 0.2) is 26.9 Å². The molecule has 1 amide bonds. The third-order valence-electron chi connectivity index (χ3n) is 11.0. The van der Waals surface area contributed by atoms with Crippen molar-refractivity contribution in [2.75, 3.05) is 12.3 Å². The number of carbonyl (C=O) groups excluding carboxylic acids is 1. The summed E-state index contributed by atoms with van der Waals surface area (Å²) in [5, 5.41) is 13.9. The van der Waals surface area contributed by atoms with Crippen LogP contribution in [0.15, 0.2) is 95.3 Å². The fourth-order valence-electron chi connectivity index (χ4n) is 7.57. The van der Waals surface area contributed by atoms with Gasteiger partial charge in [0.05, 0.1) is 15.7 Å². The normalized spacial score (nSPS) is 16.6. The van der Waals surface area contributed by atoms with Gasteiger partial charge in [0, 0.05) is 24.9 Å². The number of fused-ring (bicyclic) bond motifs is 2. The van der Waals surface area contributed by atoms with E-state index in [9.17, 15) is 23.1 Å². The molecule has 6 aromatic rings. The molecule has 2 aromatic heterocycles. The molecule has 62 heavy (non-hydrogen) atoms. The zero-order chi connectivity index (χ0) is 43.9. The number of aryl methyl sites for hydroxylation is 2. The second-order valence-corrected chi connectivity index (χ2v) is 19.1. The molecule has 0 radical (unpaired) electrons. The Labute approximate surface area is 372 Å². The van der Waals surface area contributed by atoms with Crippen molar-refractivity contribution in [1.29, 1.82) is 0 Å². The second-order valence-electron chi connectivity index (χ2n) is 15.2. The number of sulfonamides is 1. The summed E-state index contributed by atoms with van der Waals surface area (Å²) in [5.74, 6) is -0.545. The Kier molecular flexibility index (Phi) is 12.2. The molecule has 3 unspecified atom stereocenters. The van der Waals surface area contributed by atoms with Crippen molar-refractivity contribution in [3.8, 4) is 28.4 Å². The summed E-state index contributed by atoms with van der Waals surface area (Å²) in [5.41, 5.74) is 13.6. The lowest BCUT2D eigenvalue weighted by Gasteiger charge is -2.36. The number of aromatic nitrogens is 2. The Morgan fingerprint density at radius 1 is 0.952 bits per heavy atom. The van der Waals surface area contributed by atoms with Crippen molar-refractivity contribution < 1.29 is 37.3 Å². The number of ether oxygens (including phenoxy) is 3. The first-order chi connectivity index (χ1) is 29.6. The Hall–Kier alpha value is -5.71. The molecule has 0 spiro atoms. The van der Waals surface area contributed by atoms with E-state index >= 15 is 0 Å². The highest BCUT2D eigenvalue weighted by molar-refractivity contribution is 7.91. The maximum absolute atomic E-state index is 14.4. The number of anilines is 1. The summed E-state index contributed by atoms with van der Waals surface area (Å²) < 4.78 is 48.4. The predicted molar refractivity (Wildman–Crippen MR) is 236 cm³/mol. The van der Waals surface area contributed by atoms with Crippen molar-refractivity contribution in [2.24, 2.45) is 0 Å². The van der Waals surface area contributed by atoms with Crippen LogP contribution in [0.3, 0.4) is 0 Å². The molecule has 17 heteroatoms. The number of hydrogen-bond acceptors (Lipinski definition) is 11. The highest BCUT2D eigenvalue weighted by Crippen LogP contribution is 2.42. The number of benzene rings is 4. The second kappa shape index (κ2) is 17.6. The van der Waals surface area contributed by atoms with Gasteiger partial charge in [-0.3, -0.25) is 9.78 Å². The van der Waals surface area contributed by atoms with E-state index in [4.69, 9.17) is 43.1 Å². The number of pyridine rings is 1. The van der Waals surface area contributed by atoms with Gasteiger partial charge in [0.2, 0.25) is 5.91 Å². The van der Waals surface area contributed by atoms with Crippen LogP contribution in [0.5, 0.6) is 17.2 Å². The van der Waals surface area contributed by atoms with Gasteiger partial charge in [-0.2, -0.15) is 4.31 Å². The monoisotopic (exact) mass is 913 g/mol. The van der Waals surface area contributed by atoms with Crippen LogP contribution in [0, 0.1) is 20.8 Å². The van der Waals surface area contributed by atoms with E-state index in [0.717, 1.165) is 49.2 Å². The first-order valence-corrected chi connectivity index (χ1v) is 22.6. The van der Waals surface area contributed by atoms with E-state index < -0.39 is 40.1 Å². The Balaban J connectivity index is 1.01. The summed E-state index contributed by atoms with van der Waals surface area (Å²) in [6.07, 6.45) is 1.15. The van der Waals surface area contributed by atoms with Crippen LogP contribution < -0.4 is 25.3 Å². The van der Waals surface area contributed by atoms with E-state index in [2.05, 4.69) is 15.3 Å². The van der Waals surface area contributed by atoms with E-state index in [-0.39, 0.29) is 41.0 Å². The average Bonchev–Trinajstić information content (AvgIpc) is 3.61. The molecule has 4 N–H and O–H groups in total. The minimum absolute atomic E-state index is 0.0371. The zero-order valence-electron chi connectivity index (χ0n) is 33.7. The van der Waals surface area contributed by atoms with Gasteiger partial charge in [-0.1, -0.05) is 77.0 Å². The third-order valence-corrected chi connectivity index (χ3v) is 15.2. The van der Waals surface area contributed by atoms with Crippen LogP contribution in [0.4, 0.5) is 5.13 Å².